The summed E-state index contributed by atoms with van der Waals surface area (Å²) in [5, 5.41) is 4.63. The summed E-state index contributed by atoms with van der Waals surface area (Å²) in [6.45, 7) is 11.1. The summed E-state index contributed by atoms with van der Waals surface area (Å²) in [4.78, 5) is 13.2. The predicted molar refractivity (Wildman–Crippen MR) is 106 cm³/mol. The van der Waals surface area contributed by atoms with E-state index in [1.54, 1.807) is 4.68 Å². The van der Waals surface area contributed by atoms with Crippen LogP contribution in [0.2, 0.25) is 0 Å². The molecule has 26 heavy (non-hydrogen) atoms. The largest absolute Gasteiger partial charge is 0.478 e. The fourth-order valence-corrected chi connectivity index (χ4v) is 2.96. The summed E-state index contributed by atoms with van der Waals surface area (Å²) >= 11 is 0. The Balaban J connectivity index is 2.80. The lowest BCUT2D eigenvalue weighted by molar-refractivity contribution is 0.353. The number of aromatic nitrogens is 2. The molecule has 0 N–H and O–H groups in total. The Kier molecular flexibility index (Phi) is 6.63. The van der Waals surface area contributed by atoms with Crippen LogP contribution in [0.25, 0.3) is 11.1 Å². The first-order valence-corrected chi connectivity index (χ1v) is 9.11. The third-order valence-corrected chi connectivity index (χ3v) is 4.03. The van der Waals surface area contributed by atoms with Crippen molar-refractivity contribution in [3.8, 4) is 29.2 Å². The van der Waals surface area contributed by atoms with E-state index in [0.29, 0.717) is 29.7 Å². The molecule has 1 aromatic carbocycles. The highest BCUT2D eigenvalue weighted by Crippen LogP contribution is 2.32. The Bertz CT molecular complexity index is 857. The molecular formula is C22H28N2O2. The highest BCUT2D eigenvalue weighted by Gasteiger charge is 2.22. The molecule has 0 aliphatic carbocycles. The first-order valence-electron chi connectivity index (χ1n) is 9.11. The van der Waals surface area contributed by atoms with Gasteiger partial charge in [-0.25, -0.2) is 4.68 Å². The van der Waals surface area contributed by atoms with Gasteiger partial charge < -0.3 is 4.74 Å². The molecule has 138 valence electrons. The van der Waals surface area contributed by atoms with Crippen LogP contribution in [0.5, 0.6) is 5.75 Å². The van der Waals surface area contributed by atoms with Crippen LogP contribution >= 0.6 is 0 Å². The molecule has 4 nitrogen and oxygen atoms in total. The molecule has 2 aromatic rings. The maximum absolute atomic E-state index is 13.2. The minimum Gasteiger partial charge on any atom is -0.478 e. The van der Waals surface area contributed by atoms with E-state index in [1.807, 2.05) is 31.2 Å². The average molecular weight is 352 g/mol. The monoisotopic (exact) mass is 352 g/mol. The van der Waals surface area contributed by atoms with Gasteiger partial charge in [-0.3, -0.25) is 4.79 Å². The first-order chi connectivity index (χ1) is 12.3. The van der Waals surface area contributed by atoms with Crippen LogP contribution in [0.15, 0.2) is 29.1 Å². The van der Waals surface area contributed by atoms with Crippen LogP contribution in [0.1, 0.15) is 39.0 Å². The minimum atomic E-state index is -0.132. The van der Waals surface area contributed by atoms with Gasteiger partial charge in [-0.1, -0.05) is 57.9 Å². The van der Waals surface area contributed by atoms with Gasteiger partial charge in [-0.15, -0.1) is 6.42 Å². The molecule has 0 unspecified atom stereocenters. The maximum atomic E-state index is 13.2. The second-order valence-electron chi connectivity index (χ2n) is 7.44. The lowest BCUT2D eigenvalue weighted by Crippen LogP contribution is -2.29. The predicted octanol–water partition coefficient (Wildman–Crippen LogP) is 4.09. The number of benzene rings is 1. The second kappa shape index (κ2) is 8.71. The van der Waals surface area contributed by atoms with Gasteiger partial charge in [-0.05, 0) is 36.3 Å². The van der Waals surface area contributed by atoms with E-state index < -0.39 is 0 Å². The number of hydrogen-bond acceptors (Lipinski definition) is 3. The van der Waals surface area contributed by atoms with Crippen molar-refractivity contribution in [2.24, 2.45) is 11.8 Å². The van der Waals surface area contributed by atoms with Gasteiger partial charge in [0.1, 0.15) is 12.3 Å². The summed E-state index contributed by atoms with van der Waals surface area (Å²) in [6.07, 6.45) is 6.12. The van der Waals surface area contributed by atoms with Crippen molar-refractivity contribution >= 4 is 0 Å². The highest BCUT2D eigenvalue weighted by atomic mass is 16.5. The van der Waals surface area contributed by atoms with Gasteiger partial charge >= 0.3 is 0 Å². The van der Waals surface area contributed by atoms with Crippen LogP contribution in [0.3, 0.4) is 0 Å². The van der Waals surface area contributed by atoms with Crippen molar-refractivity contribution in [3.05, 3.63) is 45.9 Å². The van der Waals surface area contributed by atoms with Crippen molar-refractivity contribution in [3.63, 3.8) is 0 Å². The quantitative estimate of drug-likeness (QED) is 0.705. The maximum Gasteiger partial charge on any atom is 0.278 e. The fraction of sp³-hybridized carbons (Fsp3) is 0.455. The van der Waals surface area contributed by atoms with Crippen LogP contribution in [0, 0.1) is 31.1 Å². The Labute approximate surface area is 156 Å². The zero-order valence-corrected chi connectivity index (χ0v) is 16.4. The molecule has 2 rings (SSSR count). The zero-order chi connectivity index (χ0) is 19.3. The van der Waals surface area contributed by atoms with Gasteiger partial charge in [0.05, 0.1) is 5.56 Å². The van der Waals surface area contributed by atoms with Gasteiger partial charge in [0.25, 0.3) is 5.56 Å². The average Bonchev–Trinajstić information content (AvgIpc) is 2.56. The molecule has 0 aliphatic rings. The van der Waals surface area contributed by atoms with Gasteiger partial charge in [0, 0.05) is 6.54 Å². The Hall–Kier alpha value is -2.54. The standard InChI is InChI=1S/C22H28N2O2/c1-7-12-26-21-19(13-15(2)3)23-24(14-16(4)5)22(25)20(21)18-11-9-8-10-17(18)6/h1,8-11,15-16H,12-14H2,2-6H3. The smallest absolute Gasteiger partial charge is 0.278 e. The van der Waals surface area contributed by atoms with Crippen LogP contribution < -0.4 is 10.3 Å². The molecule has 0 spiro atoms. The molecule has 1 heterocycles. The van der Waals surface area contributed by atoms with E-state index in [9.17, 15) is 4.79 Å². The molecule has 0 saturated heterocycles. The van der Waals surface area contributed by atoms with E-state index in [1.165, 1.54) is 0 Å². The van der Waals surface area contributed by atoms with E-state index in [-0.39, 0.29) is 12.2 Å². The third-order valence-electron chi connectivity index (χ3n) is 4.03. The second-order valence-corrected chi connectivity index (χ2v) is 7.44. The molecule has 0 atom stereocenters. The minimum absolute atomic E-state index is 0.110. The van der Waals surface area contributed by atoms with Crippen molar-refractivity contribution in [1.82, 2.24) is 9.78 Å². The molecule has 0 radical (unpaired) electrons. The van der Waals surface area contributed by atoms with Gasteiger partial charge in [-0.2, -0.15) is 5.10 Å². The van der Waals surface area contributed by atoms with E-state index in [2.05, 4.69) is 38.7 Å². The molecule has 0 saturated carbocycles. The normalized spacial score (nSPS) is 11.0. The van der Waals surface area contributed by atoms with Crippen LogP contribution in [-0.2, 0) is 13.0 Å². The first kappa shape index (κ1) is 19.8. The number of terminal acetylenes is 1. The summed E-state index contributed by atoms with van der Waals surface area (Å²) in [6, 6.07) is 7.84. The molecule has 1 aromatic heterocycles. The number of nitrogens with zero attached hydrogens (tertiary/aromatic N) is 2. The highest BCUT2D eigenvalue weighted by molar-refractivity contribution is 5.73. The fourth-order valence-electron chi connectivity index (χ4n) is 2.96. The van der Waals surface area contributed by atoms with E-state index in [0.717, 1.165) is 23.2 Å². The Morgan fingerprint density at radius 3 is 2.46 bits per heavy atom. The van der Waals surface area contributed by atoms with Crippen molar-refractivity contribution in [2.45, 2.75) is 47.6 Å². The molecular weight excluding hydrogens is 324 g/mol. The number of aryl methyl sites for hydroxylation is 1. The molecule has 0 aliphatic heterocycles. The number of rotatable bonds is 7. The van der Waals surface area contributed by atoms with Gasteiger partial charge in [0.15, 0.2) is 5.75 Å². The summed E-state index contributed by atoms with van der Waals surface area (Å²) in [5.41, 5.74) is 3.10. The Morgan fingerprint density at radius 1 is 1.19 bits per heavy atom. The molecule has 0 bridgehead atoms. The van der Waals surface area contributed by atoms with E-state index in [4.69, 9.17) is 11.2 Å². The van der Waals surface area contributed by atoms with Crippen LogP contribution in [0.4, 0.5) is 0 Å². The molecule has 0 fully saturated rings. The third kappa shape index (κ3) is 4.54. The molecule has 4 heteroatoms. The van der Waals surface area contributed by atoms with Crippen molar-refractivity contribution in [2.75, 3.05) is 6.61 Å². The lowest BCUT2D eigenvalue weighted by Gasteiger charge is -2.19. The van der Waals surface area contributed by atoms with E-state index >= 15 is 0 Å². The summed E-state index contributed by atoms with van der Waals surface area (Å²) in [5.74, 6) is 3.72. The SMILES string of the molecule is C#CCOc1c(CC(C)C)nn(CC(C)C)c(=O)c1-c1ccccc1C. The lowest BCUT2D eigenvalue weighted by atomic mass is 9.98. The number of ether oxygens (including phenoxy) is 1. The van der Waals surface area contributed by atoms with Crippen molar-refractivity contribution in [1.29, 1.82) is 0 Å². The van der Waals surface area contributed by atoms with Crippen molar-refractivity contribution < 1.29 is 4.74 Å². The summed E-state index contributed by atoms with van der Waals surface area (Å²) < 4.78 is 7.43. The topological polar surface area (TPSA) is 44.1 Å². The summed E-state index contributed by atoms with van der Waals surface area (Å²) in [7, 11) is 0. The van der Waals surface area contributed by atoms with Crippen LogP contribution in [-0.4, -0.2) is 16.4 Å². The zero-order valence-electron chi connectivity index (χ0n) is 16.4. The Morgan fingerprint density at radius 2 is 1.88 bits per heavy atom. The molecule has 0 amide bonds. The van der Waals surface area contributed by atoms with Gasteiger partial charge in [0.2, 0.25) is 0 Å². The number of hydrogen-bond donors (Lipinski definition) is 0.